The van der Waals surface area contributed by atoms with E-state index in [0.717, 1.165) is 10.0 Å². The number of hydrogen-bond donors (Lipinski definition) is 1. The van der Waals surface area contributed by atoms with Crippen molar-refractivity contribution in [3.05, 3.63) is 51.6 Å². The molecule has 1 N–H and O–H groups in total. The predicted molar refractivity (Wildman–Crippen MR) is 84.2 cm³/mol. The number of nitrogens with zero attached hydrogens (tertiary/aromatic N) is 1. The quantitative estimate of drug-likeness (QED) is 0.863. The molecule has 2 aromatic rings. The molecule has 0 radical (unpaired) electrons. The van der Waals surface area contributed by atoms with Gasteiger partial charge in [-0.15, -0.1) is 0 Å². The van der Waals surface area contributed by atoms with Crippen LogP contribution < -0.4 is 4.74 Å². The van der Waals surface area contributed by atoms with E-state index < -0.39 is 5.97 Å². The number of aromatic nitrogens is 1. The largest absolute Gasteiger partial charge is 0.478 e. The molecule has 0 aliphatic rings. The third-order valence-corrected chi connectivity index (χ3v) is 3.52. The third-order valence-electron chi connectivity index (χ3n) is 3.02. The van der Waals surface area contributed by atoms with Crippen molar-refractivity contribution in [1.29, 1.82) is 0 Å². The van der Waals surface area contributed by atoms with Gasteiger partial charge in [0.1, 0.15) is 5.75 Å². The van der Waals surface area contributed by atoms with E-state index in [-0.39, 0.29) is 11.5 Å². The molecule has 0 fully saturated rings. The number of aromatic carboxylic acids is 1. The molecule has 0 unspecified atom stereocenters. The standard InChI is InChI=1S/C16H16BrNO3/c1-9(2)13-6-11(16(19)20)7-15(18-13)21-14-8-12(17)5-4-10(14)3/h4-9H,1-3H3,(H,19,20). The molecule has 0 atom stereocenters. The topological polar surface area (TPSA) is 59.4 Å². The molecule has 1 aromatic carbocycles. The highest BCUT2D eigenvalue weighted by Crippen LogP contribution is 2.28. The number of pyridine rings is 1. The van der Waals surface area contributed by atoms with E-state index in [9.17, 15) is 9.90 Å². The van der Waals surface area contributed by atoms with Crippen LogP contribution in [0.25, 0.3) is 0 Å². The van der Waals surface area contributed by atoms with Crippen LogP contribution in [0.1, 0.15) is 41.4 Å². The molecule has 4 nitrogen and oxygen atoms in total. The summed E-state index contributed by atoms with van der Waals surface area (Å²) in [5, 5.41) is 9.19. The average molecular weight is 350 g/mol. The van der Waals surface area contributed by atoms with E-state index >= 15 is 0 Å². The second-order valence-corrected chi connectivity index (χ2v) is 6.01. The first-order chi connectivity index (χ1) is 9.86. The van der Waals surface area contributed by atoms with Crippen LogP contribution >= 0.6 is 15.9 Å². The minimum absolute atomic E-state index is 0.121. The summed E-state index contributed by atoms with van der Waals surface area (Å²) in [6.45, 7) is 5.84. The maximum absolute atomic E-state index is 11.2. The molecule has 0 amide bonds. The maximum atomic E-state index is 11.2. The molecule has 0 aliphatic carbocycles. The smallest absolute Gasteiger partial charge is 0.335 e. The lowest BCUT2D eigenvalue weighted by Gasteiger charge is -2.12. The molecule has 21 heavy (non-hydrogen) atoms. The lowest BCUT2D eigenvalue weighted by Crippen LogP contribution is -2.03. The number of halogens is 1. The molecule has 1 aromatic heterocycles. The van der Waals surface area contributed by atoms with Crippen molar-refractivity contribution < 1.29 is 14.6 Å². The first kappa shape index (κ1) is 15.5. The molecule has 0 spiro atoms. The van der Waals surface area contributed by atoms with Crippen molar-refractivity contribution in [1.82, 2.24) is 4.98 Å². The number of aryl methyl sites for hydroxylation is 1. The van der Waals surface area contributed by atoms with Crippen molar-refractivity contribution in [3.8, 4) is 11.6 Å². The molecule has 110 valence electrons. The van der Waals surface area contributed by atoms with Crippen LogP contribution in [-0.2, 0) is 0 Å². The van der Waals surface area contributed by atoms with Crippen molar-refractivity contribution in [2.75, 3.05) is 0 Å². The van der Waals surface area contributed by atoms with Crippen molar-refractivity contribution in [2.24, 2.45) is 0 Å². The van der Waals surface area contributed by atoms with Crippen molar-refractivity contribution in [3.63, 3.8) is 0 Å². The Balaban J connectivity index is 2.43. The van der Waals surface area contributed by atoms with Crippen LogP contribution in [0.2, 0.25) is 0 Å². The zero-order valence-electron chi connectivity index (χ0n) is 12.1. The summed E-state index contributed by atoms with van der Waals surface area (Å²) < 4.78 is 6.66. The van der Waals surface area contributed by atoms with Gasteiger partial charge in [-0.1, -0.05) is 35.8 Å². The van der Waals surface area contributed by atoms with E-state index in [2.05, 4.69) is 20.9 Å². The van der Waals surface area contributed by atoms with Crippen LogP contribution in [0.3, 0.4) is 0 Å². The van der Waals surface area contributed by atoms with Gasteiger partial charge in [0, 0.05) is 16.2 Å². The summed E-state index contributed by atoms with van der Waals surface area (Å²) in [5.41, 5.74) is 1.82. The Bertz CT molecular complexity index is 683. The van der Waals surface area contributed by atoms with E-state index in [1.165, 1.54) is 6.07 Å². The summed E-state index contributed by atoms with van der Waals surface area (Å²) in [4.78, 5) is 15.6. The molecular weight excluding hydrogens is 334 g/mol. The van der Waals surface area contributed by atoms with Crippen LogP contribution in [0, 0.1) is 6.92 Å². The molecule has 0 aliphatic heterocycles. The Morgan fingerprint density at radius 1 is 1.29 bits per heavy atom. The highest BCUT2D eigenvalue weighted by atomic mass is 79.9. The lowest BCUT2D eigenvalue weighted by molar-refractivity contribution is 0.0696. The number of carbonyl (C=O) groups is 1. The van der Waals surface area contributed by atoms with E-state index in [4.69, 9.17) is 4.74 Å². The van der Waals surface area contributed by atoms with Gasteiger partial charge in [0.15, 0.2) is 0 Å². The number of benzene rings is 1. The fraction of sp³-hybridized carbons (Fsp3) is 0.250. The fourth-order valence-corrected chi connectivity index (χ4v) is 2.13. The van der Waals surface area contributed by atoms with Gasteiger partial charge in [-0.05, 0) is 36.6 Å². The Hall–Kier alpha value is -1.88. The maximum Gasteiger partial charge on any atom is 0.335 e. The Morgan fingerprint density at radius 3 is 2.62 bits per heavy atom. The Labute approximate surface area is 131 Å². The second-order valence-electron chi connectivity index (χ2n) is 5.09. The monoisotopic (exact) mass is 349 g/mol. The van der Waals surface area contributed by atoms with Crippen LogP contribution in [0.4, 0.5) is 0 Å². The summed E-state index contributed by atoms with van der Waals surface area (Å²) in [7, 11) is 0. The molecular formula is C16H16BrNO3. The average Bonchev–Trinajstić information content (AvgIpc) is 2.42. The molecule has 2 rings (SSSR count). The lowest BCUT2D eigenvalue weighted by atomic mass is 10.1. The minimum atomic E-state index is -0.991. The number of rotatable bonds is 4. The van der Waals surface area contributed by atoms with Gasteiger partial charge < -0.3 is 9.84 Å². The van der Waals surface area contributed by atoms with Gasteiger partial charge >= 0.3 is 5.97 Å². The van der Waals surface area contributed by atoms with Gasteiger partial charge in [0.2, 0.25) is 5.88 Å². The Morgan fingerprint density at radius 2 is 2.00 bits per heavy atom. The first-order valence-corrected chi connectivity index (χ1v) is 7.35. The zero-order chi connectivity index (χ0) is 15.6. The number of carboxylic acid groups (broad SMARTS) is 1. The van der Waals surface area contributed by atoms with Crippen LogP contribution in [0.5, 0.6) is 11.6 Å². The van der Waals surface area contributed by atoms with Crippen LogP contribution in [0.15, 0.2) is 34.8 Å². The van der Waals surface area contributed by atoms with Gasteiger partial charge in [-0.2, -0.15) is 0 Å². The van der Waals surface area contributed by atoms with E-state index in [1.54, 1.807) is 6.07 Å². The normalized spacial score (nSPS) is 10.7. The molecule has 0 saturated carbocycles. The molecule has 5 heteroatoms. The number of carboxylic acids is 1. The summed E-state index contributed by atoms with van der Waals surface area (Å²) in [6.07, 6.45) is 0. The second kappa shape index (κ2) is 6.26. The molecule has 0 saturated heterocycles. The zero-order valence-corrected chi connectivity index (χ0v) is 13.6. The van der Waals surface area contributed by atoms with Gasteiger partial charge in [-0.25, -0.2) is 9.78 Å². The van der Waals surface area contributed by atoms with Crippen LogP contribution in [-0.4, -0.2) is 16.1 Å². The van der Waals surface area contributed by atoms with Gasteiger partial charge in [-0.3, -0.25) is 0 Å². The number of ether oxygens (including phenoxy) is 1. The number of hydrogen-bond acceptors (Lipinski definition) is 3. The van der Waals surface area contributed by atoms with Crippen molar-refractivity contribution >= 4 is 21.9 Å². The van der Waals surface area contributed by atoms with E-state index in [0.29, 0.717) is 17.3 Å². The van der Waals surface area contributed by atoms with Gasteiger partial charge in [0.25, 0.3) is 0 Å². The SMILES string of the molecule is Cc1ccc(Br)cc1Oc1cc(C(=O)O)cc(C(C)C)n1. The highest BCUT2D eigenvalue weighted by molar-refractivity contribution is 9.10. The summed E-state index contributed by atoms with van der Waals surface area (Å²) in [6, 6.07) is 8.69. The van der Waals surface area contributed by atoms with Gasteiger partial charge in [0.05, 0.1) is 5.56 Å². The van der Waals surface area contributed by atoms with Crippen molar-refractivity contribution in [2.45, 2.75) is 26.7 Å². The highest BCUT2D eigenvalue weighted by Gasteiger charge is 2.13. The molecule has 1 heterocycles. The first-order valence-electron chi connectivity index (χ1n) is 6.56. The fourth-order valence-electron chi connectivity index (χ4n) is 1.79. The molecule has 0 bridgehead atoms. The predicted octanol–water partition coefficient (Wildman–Crippen LogP) is 4.77. The Kier molecular flexibility index (Phi) is 4.63. The third kappa shape index (κ3) is 3.82. The van der Waals surface area contributed by atoms with E-state index in [1.807, 2.05) is 39.0 Å². The minimum Gasteiger partial charge on any atom is -0.478 e. The summed E-state index contributed by atoms with van der Waals surface area (Å²) >= 11 is 3.39. The summed E-state index contributed by atoms with van der Waals surface area (Å²) in [5.74, 6) is 0.0688.